The lowest BCUT2D eigenvalue weighted by molar-refractivity contribution is -0.140. The Labute approximate surface area is 203 Å². The normalized spacial score (nSPS) is 19.1. The van der Waals surface area contributed by atoms with Gasteiger partial charge >= 0.3 is 0 Å². The molecule has 0 radical (unpaired) electrons. The molecule has 1 aliphatic heterocycles. The minimum Gasteiger partial charge on any atom is -0.338 e. The van der Waals surface area contributed by atoms with Gasteiger partial charge in [-0.25, -0.2) is 9.38 Å². The number of aromatic nitrogens is 4. The van der Waals surface area contributed by atoms with Crippen LogP contribution in [0.2, 0.25) is 5.02 Å². The van der Waals surface area contributed by atoms with E-state index in [9.17, 15) is 4.79 Å². The SMILES string of the molecule is Cc1ccc(-c2nnc3c4ccc(Cl)cc4nc(N4CCN(C(=O)C5CCC5)[C@@H](C)C4)n23)cc1. The number of halogens is 1. The number of carbonyl (C=O) groups is 1. The number of hydrogen-bond acceptors (Lipinski definition) is 5. The Kier molecular flexibility index (Phi) is 5.17. The molecule has 1 aliphatic carbocycles. The van der Waals surface area contributed by atoms with Gasteiger partial charge in [-0.3, -0.25) is 4.79 Å². The summed E-state index contributed by atoms with van der Waals surface area (Å²) in [5.41, 5.74) is 3.73. The van der Waals surface area contributed by atoms with Gasteiger partial charge in [0.1, 0.15) is 0 Å². The van der Waals surface area contributed by atoms with E-state index in [1.54, 1.807) is 0 Å². The number of amides is 1. The van der Waals surface area contributed by atoms with Crippen LogP contribution in [-0.2, 0) is 4.79 Å². The van der Waals surface area contributed by atoms with Gasteiger partial charge in [-0.05, 0) is 44.9 Å². The van der Waals surface area contributed by atoms with Gasteiger partial charge in [0.25, 0.3) is 0 Å². The predicted molar refractivity (Wildman–Crippen MR) is 134 cm³/mol. The maximum absolute atomic E-state index is 12.9. The molecular formula is C26H27ClN6O. The molecule has 0 unspecified atom stereocenters. The predicted octanol–water partition coefficient (Wildman–Crippen LogP) is 4.74. The summed E-state index contributed by atoms with van der Waals surface area (Å²) < 4.78 is 2.05. The summed E-state index contributed by atoms with van der Waals surface area (Å²) in [6, 6.07) is 14.1. The fourth-order valence-corrected chi connectivity index (χ4v) is 5.22. The number of fused-ring (bicyclic) bond motifs is 3. The molecule has 4 aromatic rings. The first-order valence-corrected chi connectivity index (χ1v) is 12.3. The van der Waals surface area contributed by atoms with E-state index in [2.05, 4.69) is 62.5 Å². The standard InChI is InChI=1S/C26H27ClN6O/c1-16-6-8-18(9-7-16)23-29-30-24-21-11-10-20(27)14-22(21)28-26(33(23)24)31-12-13-32(17(2)15-31)25(34)19-4-3-5-19/h6-11,14,17,19H,3-5,12-13,15H2,1-2H3/t17-/m0/s1. The number of hydrogen-bond donors (Lipinski definition) is 0. The van der Waals surface area contributed by atoms with Crippen LogP contribution < -0.4 is 4.90 Å². The molecule has 2 aromatic carbocycles. The van der Waals surface area contributed by atoms with Crippen molar-refractivity contribution in [3.05, 3.63) is 53.1 Å². The van der Waals surface area contributed by atoms with Crippen molar-refractivity contribution in [2.24, 2.45) is 5.92 Å². The molecule has 1 amide bonds. The average Bonchev–Trinajstić information content (AvgIpc) is 3.23. The van der Waals surface area contributed by atoms with Crippen LogP contribution in [0, 0.1) is 12.8 Å². The monoisotopic (exact) mass is 474 g/mol. The van der Waals surface area contributed by atoms with Gasteiger partial charge < -0.3 is 9.80 Å². The second kappa shape index (κ2) is 8.24. The molecule has 3 heterocycles. The molecule has 2 fully saturated rings. The van der Waals surface area contributed by atoms with Crippen molar-refractivity contribution < 1.29 is 4.79 Å². The summed E-state index contributed by atoms with van der Waals surface area (Å²) >= 11 is 6.31. The molecule has 7 nitrogen and oxygen atoms in total. The van der Waals surface area contributed by atoms with Crippen LogP contribution in [0.3, 0.4) is 0 Å². The van der Waals surface area contributed by atoms with E-state index in [1.165, 1.54) is 12.0 Å². The summed E-state index contributed by atoms with van der Waals surface area (Å²) in [5.74, 6) is 2.07. The van der Waals surface area contributed by atoms with E-state index < -0.39 is 0 Å². The highest BCUT2D eigenvalue weighted by Crippen LogP contribution is 2.33. The van der Waals surface area contributed by atoms with E-state index in [0.29, 0.717) is 30.6 Å². The highest BCUT2D eigenvalue weighted by atomic mass is 35.5. The van der Waals surface area contributed by atoms with Crippen molar-refractivity contribution in [2.75, 3.05) is 24.5 Å². The first kappa shape index (κ1) is 21.4. The number of benzene rings is 2. The summed E-state index contributed by atoms with van der Waals surface area (Å²) in [4.78, 5) is 22.3. The number of rotatable bonds is 3. The topological polar surface area (TPSA) is 66.6 Å². The Morgan fingerprint density at radius 3 is 2.56 bits per heavy atom. The van der Waals surface area contributed by atoms with Crippen LogP contribution in [0.15, 0.2) is 42.5 Å². The molecular weight excluding hydrogens is 448 g/mol. The lowest BCUT2D eigenvalue weighted by atomic mass is 9.84. The van der Waals surface area contributed by atoms with Crippen molar-refractivity contribution in [1.29, 1.82) is 0 Å². The van der Waals surface area contributed by atoms with Gasteiger partial charge in [0.15, 0.2) is 11.5 Å². The summed E-state index contributed by atoms with van der Waals surface area (Å²) in [6.45, 7) is 6.31. The minimum atomic E-state index is 0.105. The highest BCUT2D eigenvalue weighted by molar-refractivity contribution is 6.31. The number of anilines is 1. The molecule has 2 aliphatic rings. The van der Waals surface area contributed by atoms with Crippen LogP contribution in [0.25, 0.3) is 27.9 Å². The van der Waals surface area contributed by atoms with Crippen molar-refractivity contribution in [2.45, 2.75) is 39.2 Å². The molecule has 8 heteroatoms. The highest BCUT2D eigenvalue weighted by Gasteiger charge is 2.35. The van der Waals surface area contributed by atoms with Gasteiger partial charge in [0, 0.05) is 47.6 Å². The average molecular weight is 475 g/mol. The number of piperazine rings is 1. The largest absolute Gasteiger partial charge is 0.338 e. The van der Waals surface area contributed by atoms with Crippen LogP contribution in [0.1, 0.15) is 31.7 Å². The third kappa shape index (κ3) is 3.50. The summed E-state index contributed by atoms with van der Waals surface area (Å²) in [6.07, 6.45) is 3.22. The first-order chi connectivity index (χ1) is 16.5. The van der Waals surface area contributed by atoms with Crippen LogP contribution in [0.4, 0.5) is 5.95 Å². The fourth-order valence-electron chi connectivity index (χ4n) is 5.05. The van der Waals surface area contributed by atoms with Crippen molar-refractivity contribution in [3.63, 3.8) is 0 Å². The van der Waals surface area contributed by atoms with E-state index in [1.807, 2.05) is 18.2 Å². The van der Waals surface area contributed by atoms with Gasteiger partial charge in [-0.1, -0.05) is 47.9 Å². The van der Waals surface area contributed by atoms with Gasteiger partial charge in [-0.15, -0.1) is 10.2 Å². The van der Waals surface area contributed by atoms with Crippen molar-refractivity contribution in [1.82, 2.24) is 24.5 Å². The molecule has 0 spiro atoms. The van der Waals surface area contributed by atoms with E-state index >= 15 is 0 Å². The first-order valence-electron chi connectivity index (χ1n) is 12.0. The number of nitrogens with zero attached hydrogens (tertiary/aromatic N) is 6. The zero-order chi connectivity index (χ0) is 23.4. The second-order valence-corrected chi connectivity index (χ2v) is 10.0. The Balaban J connectivity index is 1.45. The quantitative estimate of drug-likeness (QED) is 0.429. The van der Waals surface area contributed by atoms with Crippen LogP contribution in [0.5, 0.6) is 0 Å². The molecule has 0 bridgehead atoms. The number of carbonyl (C=O) groups excluding carboxylic acids is 1. The van der Waals surface area contributed by atoms with E-state index in [-0.39, 0.29) is 12.0 Å². The van der Waals surface area contributed by atoms with Crippen molar-refractivity contribution in [3.8, 4) is 11.4 Å². The maximum Gasteiger partial charge on any atom is 0.226 e. The zero-order valence-electron chi connectivity index (χ0n) is 19.4. The van der Waals surface area contributed by atoms with Crippen LogP contribution >= 0.6 is 11.6 Å². The Morgan fingerprint density at radius 2 is 1.85 bits per heavy atom. The molecule has 34 heavy (non-hydrogen) atoms. The molecule has 1 saturated carbocycles. The van der Waals surface area contributed by atoms with Gasteiger partial charge in [0.05, 0.1) is 5.52 Å². The Morgan fingerprint density at radius 1 is 1.06 bits per heavy atom. The van der Waals surface area contributed by atoms with E-state index in [4.69, 9.17) is 16.6 Å². The number of aryl methyl sites for hydroxylation is 1. The molecule has 1 atom stereocenters. The zero-order valence-corrected chi connectivity index (χ0v) is 20.2. The van der Waals surface area contributed by atoms with Crippen LogP contribution in [-0.4, -0.2) is 56.1 Å². The lowest BCUT2D eigenvalue weighted by Gasteiger charge is -2.43. The fraction of sp³-hybridized carbons (Fsp3) is 0.385. The second-order valence-electron chi connectivity index (χ2n) is 9.58. The Hall–Kier alpha value is -3.19. The summed E-state index contributed by atoms with van der Waals surface area (Å²) in [5, 5.41) is 10.7. The maximum atomic E-state index is 12.9. The molecule has 174 valence electrons. The third-order valence-electron chi connectivity index (χ3n) is 7.24. The van der Waals surface area contributed by atoms with E-state index in [0.717, 1.165) is 46.7 Å². The van der Waals surface area contributed by atoms with Gasteiger partial charge in [-0.2, -0.15) is 0 Å². The Bertz CT molecular complexity index is 1390. The minimum absolute atomic E-state index is 0.105. The van der Waals surface area contributed by atoms with Crippen molar-refractivity contribution >= 4 is 40.0 Å². The lowest BCUT2D eigenvalue weighted by Crippen LogP contribution is -2.56. The smallest absolute Gasteiger partial charge is 0.226 e. The molecule has 6 rings (SSSR count). The third-order valence-corrected chi connectivity index (χ3v) is 7.48. The molecule has 0 N–H and O–H groups in total. The van der Waals surface area contributed by atoms with Gasteiger partial charge in [0.2, 0.25) is 11.9 Å². The molecule has 1 saturated heterocycles. The molecule has 2 aromatic heterocycles. The summed E-state index contributed by atoms with van der Waals surface area (Å²) in [7, 11) is 0.